The summed E-state index contributed by atoms with van der Waals surface area (Å²) in [6, 6.07) is 16.3. The summed E-state index contributed by atoms with van der Waals surface area (Å²) in [4.78, 5) is 14.6. The van der Waals surface area contributed by atoms with Gasteiger partial charge in [0.2, 0.25) is 5.91 Å². The summed E-state index contributed by atoms with van der Waals surface area (Å²) in [5.41, 5.74) is 4.52. The molecule has 1 unspecified atom stereocenters. The summed E-state index contributed by atoms with van der Waals surface area (Å²) in [5.74, 6) is 0.134. The average molecular weight is 380 g/mol. The van der Waals surface area contributed by atoms with E-state index in [1.54, 1.807) is 11.1 Å². The zero-order chi connectivity index (χ0) is 19.2. The van der Waals surface area contributed by atoms with Gasteiger partial charge in [-0.25, -0.2) is 0 Å². The maximum absolute atomic E-state index is 12.9. The van der Waals surface area contributed by atoms with Gasteiger partial charge in [0.15, 0.2) is 5.17 Å². The molecule has 1 fully saturated rings. The Bertz CT molecular complexity index is 858. The SMILES string of the molecule is CCCC1S/C(=N\N=C\c2ccc(C)cc2)N(Cc2ccccc2C)C1=O. The van der Waals surface area contributed by atoms with E-state index in [1.807, 2.05) is 36.4 Å². The molecular weight excluding hydrogens is 354 g/mol. The molecule has 1 aliphatic rings. The van der Waals surface area contributed by atoms with Crippen LogP contribution in [-0.4, -0.2) is 27.4 Å². The van der Waals surface area contributed by atoms with Crippen molar-refractivity contribution in [2.75, 3.05) is 0 Å². The monoisotopic (exact) mass is 379 g/mol. The fraction of sp³-hybridized carbons (Fsp3) is 0.318. The molecule has 1 atom stereocenters. The van der Waals surface area contributed by atoms with Gasteiger partial charge in [0.1, 0.15) is 0 Å². The Labute approximate surface area is 165 Å². The van der Waals surface area contributed by atoms with Crippen LogP contribution in [0, 0.1) is 13.8 Å². The Morgan fingerprint density at radius 3 is 2.56 bits per heavy atom. The van der Waals surface area contributed by atoms with Crippen molar-refractivity contribution in [3.63, 3.8) is 0 Å². The largest absolute Gasteiger partial charge is 0.284 e. The lowest BCUT2D eigenvalue weighted by molar-refractivity contribution is -0.126. The summed E-state index contributed by atoms with van der Waals surface area (Å²) in [6.45, 7) is 6.76. The molecule has 27 heavy (non-hydrogen) atoms. The first kappa shape index (κ1) is 19.4. The normalized spacial score (nSPS) is 18.8. The van der Waals surface area contributed by atoms with Crippen LogP contribution in [0.5, 0.6) is 0 Å². The van der Waals surface area contributed by atoms with Gasteiger partial charge in [0.25, 0.3) is 0 Å². The summed E-state index contributed by atoms with van der Waals surface area (Å²) >= 11 is 1.53. The maximum atomic E-state index is 12.9. The number of amides is 1. The molecule has 5 heteroatoms. The number of hydrogen-bond acceptors (Lipinski definition) is 4. The molecule has 1 saturated heterocycles. The van der Waals surface area contributed by atoms with E-state index in [0.29, 0.717) is 11.7 Å². The summed E-state index contributed by atoms with van der Waals surface area (Å²) in [6.07, 6.45) is 3.56. The number of hydrogen-bond donors (Lipinski definition) is 0. The Balaban J connectivity index is 1.82. The van der Waals surface area contributed by atoms with Crippen molar-refractivity contribution in [1.82, 2.24) is 4.90 Å². The van der Waals surface area contributed by atoms with Crippen molar-refractivity contribution >= 4 is 29.1 Å². The van der Waals surface area contributed by atoms with E-state index in [9.17, 15) is 4.79 Å². The molecule has 0 aromatic heterocycles. The minimum Gasteiger partial charge on any atom is -0.284 e. The number of rotatable bonds is 6. The van der Waals surface area contributed by atoms with Gasteiger partial charge in [-0.1, -0.05) is 79.2 Å². The Kier molecular flexibility index (Phi) is 6.45. The molecule has 0 radical (unpaired) electrons. The summed E-state index contributed by atoms with van der Waals surface area (Å²) in [5, 5.41) is 9.25. The molecule has 0 spiro atoms. The second-order valence-corrected chi connectivity index (χ2v) is 7.95. The third kappa shape index (κ3) is 4.86. The van der Waals surface area contributed by atoms with Gasteiger partial charge >= 0.3 is 0 Å². The molecule has 0 N–H and O–H groups in total. The zero-order valence-corrected chi connectivity index (χ0v) is 16.9. The minimum absolute atomic E-state index is 0.0626. The predicted octanol–water partition coefficient (Wildman–Crippen LogP) is 4.94. The van der Waals surface area contributed by atoms with E-state index >= 15 is 0 Å². The lowest BCUT2D eigenvalue weighted by Gasteiger charge is -2.17. The van der Waals surface area contributed by atoms with Crippen LogP contribution in [0.1, 0.15) is 42.0 Å². The van der Waals surface area contributed by atoms with Gasteiger partial charge in [0, 0.05) is 0 Å². The second-order valence-electron chi connectivity index (χ2n) is 6.78. The first-order valence-electron chi connectivity index (χ1n) is 9.28. The fourth-order valence-corrected chi connectivity index (χ4v) is 4.14. The molecular formula is C22H25N3OS. The molecule has 1 heterocycles. The molecule has 0 aliphatic carbocycles. The highest BCUT2D eigenvalue weighted by molar-refractivity contribution is 8.15. The van der Waals surface area contributed by atoms with E-state index in [4.69, 9.17) is 0 Å². The van der Waals surface area contributed by atoms with Crippen molar-refractivity contribution in [3.8, 4) is 0 Å². The van der Waals surface area contributed by atoms with E-state index in [1.165, 1.54) is 22.9 Å². The standard InChI is InChI=1S/C22H25N3OS/c1-4-7-20-21(26)25(15-19-9-6-5-8-17(19)3)22(27-20)24-23-14-18-12-10-16(2)11-13-18/h5-6,8-14,20H,4,7,15H2,1-3H3/b23-14+,24-22-. The maximum Gasteiger partial charge on any atom is 0.242 e. The quantitative estimate of drug-likeness (QED) is 0.527. The van der Waals surface area contributed by atoms with Crippen LogP contribution < -0.4 is 0 Å². The van der Waals surface area contributed by atoms with Gasteiger partial charge in [0.05, 0.1) is 18.0 Å². The third-order valence-corrected chi connectivity index (χ3v) is 5.82. The smallest absolute Gasteiger partial charge is 0.242 e. The second kappa shape index (κ2) is 9.00. The van der Waals surface area contributed by atoms with Crippen LogP contribution in [-0.2, 0) is 11.3 Å². The average Bonchev–Trinajstić information content (AvgIpc) is 2.95. The van der Waals surface area contributed by atoms with E-state index in [-0.39, 0.29) is 11.2 Å². The highest BCUT2D eigenvalue weighted by Gasteiger charge is 2.37. The zero-order valence-electron chi connectivity index (χ0n) is 16.1. The van der Waals surface area contributed by atoms with Crippen molar-refractivity contribution in [1.29, 1.82) is 0 Å². The number of carbonyl (C=O) groups is 1. The van der Waals surface area contributed by atoms with Gasteiger partial charge < -0.3 is 0 Å². The van der Waals surface area contributed by atoms with Crippen molar-refractivity contribution in [2.24, 2.45) is 10.2 Å². The number of amidine groups is 1. The van der Waals surface area contributed by atoms with Crippen LogP contribution in [0.25, 0.3) is 0 Å². The highest BCUT2D eigenvalue weighted by atomic mass is 32.2. The predicted molar refractivity (Wildman–Crippen MR) is 114 cm³/mol. The first-order valence-corrected chi connectivity index (χ1v) is 10.2. The molecule has 2 aromatic rings. The number of benzene rings is 2. The molecule has 140 valence electrons. The molecule has 0 bridgehead atoms. The molecule has 2 aromatic carbocycles. The molecule has 4 nitrogen and oxygen atoms in total. The molecule has 1 aliphatic heterocycles. The molecule has 0 saturated carbocycles. The number of carbonyl (C=O) groups excluding carboxylic acids is 1. The lowest BCUT2D eigenvalue weighted by atomic mass is 10.1. The van der Waals surface area contributed by atoms with Crippen LogP contribution in [0.15, 0.2) is 58.7 Å². The van der Waals surface area contributed by atoms with E-state index in [0.717, 1.165) is 24.0 Å². The van der Waals surface area contributed by atoms with Gasteiger partial charge in [-0.05, 0) is 37.0 Å². The summed E-state index contributed by atoms with van der Waals surface area (Å²) < 4.78 is 0. The Hall–Kier alpha value is -2.40. The summed E-state index contributed by atoms with van der Waals surface area (Å²) in [7, 11) is 0. The van der Waals surface area contributed by atoms with Gasteiger partial charge in [-0.2, -0.15) is 5.10 Å². The first-order chi connectivity index (χ1) is 13.1. The van der Waals surface area contributed by atoms with Crippen molar-refractivity contribution in [3.05, 3.63) is 70.8 Å². The van der Waals surface area contributed by atoms with E-state index < -0.39 is 0 Å². The number of aryl methyl sites for hydroxylation is 2. The highest BCUT2D eigenvalue weighted by Crippen LogP contribution is 2.32. The number of nitrogens with zero attached hydrogens (tertiary/aromatic N) is 3. The number of thioether (sulfide) groups is 1. The van der Waals surface area contributed by atoms with Crippen LogP contribution in [0.2, 0.25) is 0 Å². The fourth-order valence-electron chi connectivity index (χ4n) is 2.93. The Morgan fingerprint density at radius 1 is 1.11 bits per heavy atom. The van der Waals surface area contributed by atoms with E-state index in [2.05, 4.69) is 43.1 Å². The van der Waals surface area contributed by atoms with Gasteiger partial charge in [-0.15, -0.1) is 5.10 Å². The van der Waals surface area contributed by atoms with Crippen LogP contribution >= 0.6 is 11.8 Å². The van der Waals surface area contributed by atoms with Gasteiger partial charge in [-0.3, -0.25) is 9.69 Å². The topological polar surface area (TPSA) is 45.0 Å². The molecule has 3 rings (SSSR count). The van der Waals surface area contributed by atoms with Crippen LogP contribution in [0.4, 0.5) is 0 Å². The van der Waals surface area contributed by atoms with Crippen molar-refractivity contribution in [2.45, 2.75) is 45.4 Å². The minimum atomic E-state index is -0.0626. The van der Waals surface area contributed by atoms with Crippen LogP contribution in [0.3, 0.4) is 0 Å². The lowest BCUT2D eigenvalue weighted by Crippen LogP contribution is -2.31. The molecule has 1 amide bonds. The third-order valence-electron chi connectivity index (χ3n) is 4.59. The Morgan fingerprint density at radius 2 is 1.85 bits per heavy atom. The van der Waals surface area contributed by atoms with Crippen molar-refractivity contribution < 1.29 is 4.79 Å².